The standard InChI is InChI=1S/C10H4ClN6O4S/c11-22(20,21)10-6-4(2-1-3-5(6)14-16-12)8(18)9(19)7(10)15-17-13/h1-3,13H/q+1. The summed E-state index contributed by atoms with van der Waals surface area (Å²) in [5, 5.41) is 18.9. The van der Waals surface area contributed by atoms with E-state index in [4.69, 9.17) is 21.6 Å². The van der Waals surface area contributed by atoms with Gasteiger partial charge in [0.15, 0.2) is 15.8 Å². The summed E-state index contributed by atoms with van der Waals surface area (Å²) in [6.07, 6.45) is 0. The van der Waals surface area contributed by atoms with Crippen LogP contribution in [-0.4, -0.2) is 8.42 Å². The largest absolute Gasteiger partial charge is 0.339 e. The van der Waals surface area contributed by atoms with E-state index in [9.17, 15) is 18.0 Å². The molecule has 0 radical (unpaired) electrons. The van der Waals surface area contributed by atoms with Gasteiger partial charge >= 0.3 is 5.08 Å². The molecule has 0 fully saturated rings. The molecule has 2 aliphatic carbocycles. The van der Waals surface area contributed by atoms with Gasteiger partial charge < -0.3 is 0 Å². The molecule has 0 aromatic carbocycles. The quantitative estimate of drug-likeness (QED) is 0.264. The van der Waals surface area contributed by atoms with Crippen molar-refractivity contribution >= 4 is 19.7 Å². The van der Waals surface area contributed by atoms with Crippen molar-refractivity contribution in [3.05, 3.63) is 54.4 Å². The highest BCUT2D eigenvalue weighted by atomic mass is 35.7. The van der Waals surface area contributed by atoms with Crippen LogP contribution in [0.25, 0.3) is 16.2 Å². The number of hydrogen-bond acceptors (Lipinski definition) is 8. The Kier molecular flexibility index (Phi) is 3.89. The van der Waals surface area contributed by atoms with Gasteiger partial charge in [-0.25, -0.2) is 8.42 Å². The first-order chi connectivity index (χ1) is 10.3. The molecule has 1 N–H and O–H groups in total. The lowest BCUT2D eigenvalue weighted by Gasteiger charge is -2.06. The molecule has 0 saturated heterocycles. The van der Waals surface area contributed by atoms with Gasteiger partial charge in [0.25, 0.3) is 19.9 Å². The van der Waals surface area contributed by atoms with Gasteiger partial charge in [-0.3, -0.25) is 9.59 Å². The zero-order chi connectivity index (χ0) is 16.5. The third-order valence-corrected chi connectivity index (χ3v) is 4.04. The van der Waals surface area contributed by atoms with Crippen molar-refractivity contribution in [3.8, 4) is 11.1 Å². The summed E-state index contributed by atoms with van der Waals surface area (Å²) in [7, 11) is 0.759. The normalized spacial score (nSPS) is 13.3. The molecule has 12 heteroatoms. The number of benzene rings is 2. The minimum Gasteiger partial charge on any atom is -0.285 e. The first kappa shape index (κ1) is 15.5. The van der Waals surface area contributed by atoms with E-state index >= 15 is 0 Å². The van der Waals surface area contributed by atoms with Gasteiger partial charge in [-0.05, 0) is 6.07 Å². The van der Waals surface area contributed by atoms with Crippen LogP contribution in [0.4, 0.5) is 0 Å². The Morgan fingerprint density at radius 1 is 1.23 bits per heavy atom. The van der Waals surface area contributed by atoms with Crippen LogP contribution in [0.3, 0.4) is 0 Å². The number of halogens is 1. The first-order valence-electron chi connectivity index (χ1n) is 5.36. The predicted octanol–water partition coefficient (Wildman–Crippen LogP) is -0.170. The number of diazo groups is 1. The van der Waals surface area contributed by atoms with Gasteiger partial charge in [-0.2, -0.15) is 5.53 Å². The molecular weight excluding hydrogens is 336 g/mol. The van der Waals surface area contributed by atoms with Crippen molar-refractivity contribution in [2.24, 2.45) is 15.4 Å². The maximum Gasteiger partial charge on any atom is 0.339 e. The van der Waals surface area contributed by atoms with Crippen molar-refractivity contribution < 1.29 is 8.42 Å². The second-order valence-corrected chi connectivity index (χ2v) is 6.37. The van der Waals surface area contributed by atoms with Gasteiger partial charge in [0.2, 0.25) is 5.43 Å². The van der Waals surface area contributed by atoms with Crippen LogP contribution in [0.1, 0.15) is 0 Å². The van der Waals surface area contributed by atoms with E-state index in [1.807, 2.05) is 0 Å². The van der Waals surface area contributed by atoms with Crippen molar-refractivity contribution in [2.45, 2.75) is 4.90 Å². The molecule has 2 aliphatic rings. The maximum atomic E-state index is 12.0. The molecule has 110 valence electrons. The summed E-state index contributed by atoms with van der Waals surface area (Å²) in [6.45, 7) is 0. The average molecular weight is 340 g/mol. The summed E-state index contributed by atoms with van der Waals surface area (Å²) in [6, 6.07) is 3.73. The minimum absolute atomic E-state index is 0.224. The highest BCUT2D eigenvalue weighted by molar-refractivity contribution is 8.13. The smallest absolute Gasteiger partial charge is 0.285 e. The van der Waals surface area contributed by atoms with Crippen LogP contribution in [0.2, 0.25) is 0 Å². The first-order valence-corrected chi connectivity index (χ1v) is 7.67. The molecule has 10 nitrogen and oxygen atoms in total. The summed E-state index contributed by atoms with van der Waals surface area (Å²) < 4.78 is 23.6. The van der Waals surface area contributed by atoms with E-state index in [-0.39, 0.29) is 16.5 Å². The van der Waals surface area contributed by atoms with Crippen LogP contribution in [0, 0.1) is 10.9 Å². The second kappa shape index (κ2) is 5.51. The van der Waals surface area contributed by atoms with Gasteiger partial charge in [0.1, 0.15) is 4.90 Å². The fourth-order valence-electron chi connectivity index (χ4n) is 1.93. The highest BCUT2D eigenvalue weighted by Gasteiger charge is 2.28. The Balaban J connectivity index is 3.43. The molecule has 2 rings (SSSR count). The summed E-state index contributed by atoms with van der Waals surface area (Å²) in [5.74, 6) is 0. The Labute approximate surface area is 125 Å². The molecule has 0 heterocycles. The Morgan fingerprint density at radius 2 is 1.91 bits per heavy atom. The summed E-state index contributed by atoms with van der Waals surface area (Å²) >= 11 is 0. The number of nitrogens with zero attached hydrogens (tertiary/aromatic N) is 5. The van der Waals surface area contributed by atoms with Crippen LogP contribution >= 0.6 is 10.7 Å². The molecule has 0 aliphatic heterocycles. The molecular formula is C10H4ClN6O4S+. The van der Waals surface area contributed by atoms with E-state index in [1.54, 1.807) is 0 Å². The van der Waals surface area contributed by atoms with Gasteiger partial charge in [-0.15, -0.1) is 5.10 Å². The molecule has 0 atom stereocenters. The number of fused-ring (bicyclic) bond motifs is 1. The average Bonchev–Trinajstić information content (AvgIpc) is 2.44. The number of nitrogens with one attached hydrogen (secondary N) is 1. The van der Waals surface area contributed by atoms with Gasteiger partial charge in [-0.1, -0.05) is 17.4 Å². The fourth-order valence-corrected chi connectivity index (χ4v) is 3.20. The molecule has 0 spiro atoms. The van der Waals surface area contributed by atoms with Crippen LogP contribution in [0.15, 0.2) is 48.1 Å². The van der Waals surface area contributed by atoms with Crippen LogP contribution in [-0.2, 0) is 9.05 Å². The van der Waals surface area contributed by atoms with E-state index in [2.05, 4.69) is 20.5 Å². The topological polar surface area (TPSA) is 157 Å². The second-order valence-electron chi connectivity index (χ2n) is 3.86. The SMILES string of the molecule is N#[N+]N=c1cccc2c(=O)c(=O)c(=NN=N)c(S(=O)(=O)Cl)c1-2. The number of hydrogen-bond donors (Lipinski definition) is 1. The molecule has 0 bridgehead atoms. The Morgan fingerprint density at radius 3 is 2.45 bits per heavy atom. The Bertz CT molecular complexity index is 1120. The molecule has 0 amide bonds. The summed E-state index contributed by atoms with van der Waals surface area (Å²) in [5.41, 5.74) is 3.66. The van der Waals surface area contributed by atoms with E-state index in [1.165, 1.54) is 18.2 Å². The highest BCUT2D eigenvalue weighted by Crippen LogP contribution is 2.21. The van der Waals surface area contributed by atoms with Crippen molar-refractivity contribution in [2.75, 3.05) is 0 Å². The third kappa shape index (κ3) is 2.41. The molecule has 0 aromatic heterocycles. The zero-order valence-corrected chi connectivity index (χ0v) is 12.0. The lowest BCUT2D eigenvalue weighted by atomic mass is 10.0. The maximum absolute atomic E-state index is 12.0. The van der Waals surface area contributed by atoms with E-state index < -0.39 is 30.2 Å². The van der Waals surface area contributed by atoms with Crippen LogP contribution < -0.4 is 21.6 Å². The lowest BCUT2D eigenvalue weighted by molar-refractivity contribution is 0.608. The fraction of sp³-hybridized carbons (Fsp3) is 0. The zero-order valence-electron chi connectivity index (χ0n) is 10.4. The van der Waals surface area contributed by atoms with Gasteiger partial charge in [0.05, 0.1) is 0 Å². The van der Waals surface area contributed by atoms with E-state index in [0.29, 0.717) is 0 Å². The monoisotopic (exact) mass is 339 g/mol. The molecule has 22 heavy (non-hydrogen) atoms. The van der Waals surface area contributed by atoms with Crippen molar-refractivity contribution in [3.63, 3.8) is 0 Å². The predicted molar refractivity (Wildman–Crippen MR) is 72.4 cm³/mol. The van der Waals surface area contributed by atoms with Crippen molar-refractivity contribution in [1.29, 1.82) is 10.9 Å². The molecule has 0 saturated carbocycles. The minimum atomic E-state index is -4.55. The third-order valence-electron chi connectivity index (χ3n) is 2.70. The number of rotatable bonds is 2. The lowest BCUT2D eigenvalue weighted by Crippen LogP contribution is -2.44. The van der Waals surface area contributed by atoms with E-state index in [0.717, 1.165) is 0 Å². The summed E-state index contributed by atoms with van der Waals surface area (Å²) in [4.78, 5) is 23.1. The van der Waals surface area contributed by atoms with Crippen LogP contribution in [0.5, 0.6) is 0 Å². The van der Waals surface area contributed by atoms with Crippen molar-refractivity contribution in [1.82, 2.24) is 0 Å². The van der Waals surface area contributed by atoms with Gasteiger partial charge in [0, 0.05) is 21.8 Å². The molecule has 0 unspecified atom stereocenters. The molecule has 0 aromatic rings. The Hall–Kier alpha value is -2.84.